The van der Waals surface area contributed by atoms with Crippen LogP contribution in [0.25, 0.3) is 11.5 Å². The smallest absolute Gasteiger partial charge is 0.332 e. The molecule has 2 aliphatic rings. The van der Waals surface area contributed by atoms with E-state index in [0.29, 0.717) is 73.4 Å². The second kappa shape index (κ2) is 9.07. The lowest BCUT2D eigenvalue weighted by Crippen LogP contribution is -2.21. The Morgan fingerprint density at radius 1 is 1.23 bits per heavy atom. The molecular weight excluding hydrogens is 410 g/mol. The van der Waals surface area contributed by atoms with Crippen molar-refractivity contribution in [1.29, 1.82) is 0 Å². The molecule has 0 atom stereocenters. The van der Waals surface area contributed by atoms with E-state index in [4.69, 9.17) is 14.0 Å². The molecule has 1 amide bonds. The highest BCUT2D eigenvalue weighted by atomic mass is 32.1. The number of aromatic nitrogens is 2. The number of nitrogens with zero attached hydrogens (tertiary/aromatic N) is 2. The number of carbonyl (C=O) groups excluding carboxylic acids is 1. The molecule has 1 aliphatic heterocycles. The minimum atomic E-state index is -1.03. The Hall–Kier alpha value is -2.56. The first-order valence-electron chi connectivity index (χ1n) is 9.89. The predicted octanol–water partition coefficient (Wildman–Crippen LogP) is 2.95. The lowest BCUT2D eigenvalue weighted by molar-refractivity contribution is -0.133. The fourth-order valence-corrected chi connectivity index (χ4v) is 4.94. The van der Waals surface area contributed by atoms with Crippen LogP contribution < -0.4 is 5.32 Å². The van der Waals surface area contributed by atoms with Gasteiger partial charge < -0.3 is 24.4 Å². The molecule has 160 valence electrons. The summed E-state index contributed by atoms with van der Waals surface area (Å²) < 4.78 is 16.1. The van der Waals surface area contributed by atoms with Crippen LogP contribution in [0.15, 0.2) is 15.7 Å². The second-order valence-corrected chi connectivity index (χ2v) is 8.30. The molecule has 9 nitrogen and oxygen atoms in total. The Morgan fingerprint density at radius 3 is 2.80 bits per heavy atom. The molecule has 0 saturated carbocycles. The van der Waals surface area contributed by atoms with Crippen molar-refractivity contribution in [2.45, 2.75) is 45.1 Å². The molecule has 2 aromatic heterocycles. The highest BCUT2D eigenvalue weighted by Crippen LogP contribution is 2.43. The topological polar surface area (TPSA) is 124 Å². The van der Waals surface area contributed by atoms with Gasteiger partial charge in [-0.05, 0) is 37.7 Å². The van der Waals surface area contributed by atoms with Gasteiger partial charge in [0.15, 0.2) is 5.82 Å². The molecule has 0 bridgehead atoms. The molecule has 0 saturated heterocycles. The average Bonchev–Trinajstić information content (AvgIpc) is 3.35. The molecule has 0 unspecified atom stereocenters. The maximum atomic E-state index is 13.0. The Kier molecular flexibility index (Phi) is 6.26. The van der Waals surface area contributed by atoms with Crippen LogP contribution in [0.3, 0.4) is 0 Å². The standard InChI is InChI=1S/C20H23N3O6S/c1-27-8-7-15-21-18(29-23-15)16-13-6-9-28-10-14(13)30-19(16)22-17(24)11-4-2-3-5-12(11)20(25)26/h2-10H2,1H3,(H,22,24)(H,25,26). The molecule has 0 aromatic carbocycles. The number of thiophene rings is 1. The van der Waals surface area contributed by atoms with E-state index in [1.54, 1.807) is 7.11 Å². The predicted molar refractivity (Wildman–Crippen MR) is 108 cm³/mol. The molecule has 10 heteroatoms. The number of aliphatic carboxylic acids is 1. The van der Waals surface area contributed by atoms with Crippen LogP contribution in [0.2, 0.25) is 0 Å². The van der Waals surface area contributed by atoms with Crippen molar-refractivity contribution in [2.24, 2.45) is 0 Å². The van der Waals surface area contributed by atoms with Crippen molar-refractivity contribution >= 4 is 28.2 Å². The van der Waals surface area contributed by atoms with Crippen LogP contribution in [0.5, 0.6) is 0 Å². The summed E-state index contributed by atoms with van der Waals surface area (Å²) in [6.07, 6.45) is 3.64. The van der Waals surface area contributed by atoms with Gasteiger partial charge in [-0.15, -0.1) is 11.3 Å². The van der Waals surface area contributed by atoms with Crippen LogP contribution in [0.4, 0.5) is 5.00 Å². The molecule has 4 rings (SSSR count). The quantitative estimate of drug-likeness (QED) is 0.683. The zero-order valence-electron chi connectivity index (χ0n) is 16.7. The van der Waals surface area contributed by atoms with Gasteiger partial charge in [-0.2, -0.15) is 4.98 Å². The fourth-order valence-electron chi connectivity index (χ4n) is 3.77. The van der Waals surface area contributed by atoms with E-state index in [1.807, 2.05) is 0 Å². The first-order valence-corrected chi connectivity index (χ1v) is 10.7. The van der Waals surface area contributed by atoms with Gasteiger partial charge in [0.05, 0.1) is 25.4 Å². The van der Waals surface area contributed by atoms with E-state index in [1.165, 1.54) is 11.3 Å². The van der Waals surface area contributed by atoms with E-state index in [9.17, 15) is 14.7 Å². The van der Waals surface area contributed by atoms with Gasteiger partial charge in [0, 0.05) is 29.6 Å². The SMILES string of the molecule is COCCc1noc(-c2c(NC(=O)C3=C(C(=O)O)CCCC3)sc3c2CCOC3)n1. The summed E-state index contributed by atoms with van der Waals surface area (Å²) in [5.74, 6) is -0.545. The summed E-state index contributed by atoms with van der Waals surface area (Å²) >= 11 is 1.41. The first kappa shape index (κ1) is 20.7. The third kappa shape index (κ3) is 4.16. The fraction of sp³-hybridized carbons (Fsp3) is 0.500. The van der Waals surface area contributed by atoms with Crippen molar-refractivity contribution in [1.82, 2.24) is 10.1 Å². The number of anilines is 1. The number of carboxylic acids is 1. The molecule has 1 aliphatic carbocycles. The lowest BCUT2D eigenvalue weighted by atomic mass is 9.91. The van der Waals surface area contributed by atoms with Gasteiger partial charge in [-0.1, -0.05) is 5.16 Å². The largest absolute Gasteiger partial charge is 0.478 e. The number of rotatable bonds is 7. The van der Waals surface area contributed by atoms with Crippen LogP contribution in [0, 0.1) is 0 Å². The molecule has 30 heavy (non-hydrogen) atoms. The van der Waals surface area contributed by atoms with E-state index in [2.05, 4.69) is 15.5 Å². The zero-order chi connectivity index (χ0) is 21.1. The number of hydrogen-bond donors (Lipinski definition) is 2. The Morgan fingerprint density at radius 2 is 2.03 bits per heavy atom. The average molecular weight is 433 g/mol. The summed E-state index contributed by atoms with van der Waals surface area (Å²) in [5.41, 5.74) is 2.27. The maximum absolute atomic E-state index is 13.0. The molecule has 3 heterocycles. The number of methoxy groups -OCH3 is 1. The summed E-state index contributed by atoms with van der Waals surface area (Å²) in [5, 5.41) is 17.0. The number of carbonyl (C=O) groups is 2. The molecule has 0 radical (unpaired) electrons. The minimum Gasteiger partial charge on any atom is -0.478 e. The third-order valence-corrected chi connectivity index (χ3v) is 6.38. The van der Waals surface area contributed by atoms with Crippen LogP contribution in [0.1, 0.15) is 41.9 Å². The van der Waals surface area contributed by atoms with Crippen molar-refractivity contribution in [2.75, 3.05) is 25.6 Å². The Bertz CT molecular complexity index is 993. The molecule has 2 N–H and O–H groups in total. The van der Waals surface area contributed by atoms with E-state index in [0.717, 1.165) is 23.3 Å². The van der Waals surface area contributed by atoms with Gasteiger partial charge >= 0.3 is 5.97 Å². The molecular formula is C20H23N3O6S. The van der Waals surface area contributed by atoms with Crippen molar-refractivity contribution < 1.29 is 28.7 Å². The monoisotopic (exact) mass is 433 g/mol. The van der Waals surface area contributed by atoms with Gasteiger partial charge in [0.1, 0.15) is 5.00 Å². The summed E-state index contributed by atoms with van der Waals surface area (Å²) in [7, 11) is 1.61. The number of carboxylic acid groups (broad SMARTS) is 1. The van der Waals surface area contributed by atoms with Crippen molar-refractivity contribution in [3.63, 3.8) is 0 Å². The van der Waals surface area contributed by atoms with Gasteiger partial charge in [-0.25, -0.2) is 4.79 Å². The summed E-state index contributed by atoms with van der Waals surface area (Å²) in [4.78, 5) is 30.0. The third-order valence-electron chi connectivity index (χ3n) is 5.26. The van der Waals surface area contributed by atoms with Crippen LogP contribution in [-0.2, 0) is 38.5 Å². The molecule has 2 aromatic rings. The van der Waals surface area contributed by atoms with Crippen LogP contribution >= 0.6 is 11.3 Å². The van der Waals surface area contributed by atoms with Crippen LogP contribution in [-0.4, -0.2) is 47.4 Å². The van der Waals surface area contributed by atoms with Crippen molar-refractivity contribution in [3.05, 3.63) is 27.4 Å². The number of nitrogens with one attached hydrogen (secondary N) is 1. The van der Waals surface area contributed by atoms with E-state index < -0.39 is 5.97 Å². The lowest BCUT2D eigenvalue weighted by Gasteiger charge is -2.17. The maximum Gasteiger partial charge on any atom is 0.332 e. The summed E-state index contributed by atoms with van der Waals surface area (Å²) in [6.45, 7) is 1.50. The number of ether oxygens (including phenoxy) is 2. The highest BCUT2D eigenvalue weighted by molar-refractivity contribution is 7.17. The van der Waals surface area contributed by atoms with Crippen molar-refractivity contribution in [3.8, 4) is 11.5 Å². The number of fused-ring (bicyclic) bond motifs is 1. The van der Waals surface area contributed by atoms with Gasteiger partial charge in [0.25, 0.3) is 11.8 Å². The Balaban J connectivity index is 1.68. The normalized spacial score (nSPS) is 16.4. The molecule has 0 fully saturated rings. The summed E-state index contributed by atoms with van der Waals surface area (Å²) in [6, 6.07) is 0. The minimum absolute atomic E-state index is 0.199. The number of amides is 1. The zero-order valence-corrected chi connectivity index (χ0v) is 17.5. The highest BCUT2D eigenvalue weighted by Gasteiger charge is 2.29. The van der Waals surface area contributed by atoms with E-state index >= 15 is 0 Å². The second-order valence-electron chi connectivity index (χ2n) is 7.19. The van der Waals surface area contributed by atoms with Gasteiger partial charge in [-0.3, -0.25) is 4.79 Å². The van der Waals surface area contributed by atoms with E-state index in [-0.39, 0.29) is 11.5 Å². The number of hydrogen-bond acceptors (Lipinski definition) is 8. The Labute approximate surface area is 177 Å². The van der Waals surface area contributed by atoms with Gasteiger partial charge in [0.2, 0.25) is 0 Å². The first-order chi connectivity index (χ1) is 14.6. The molecule has 0 spiro atoms.